The SMILES string of the molecule is COc1ccccc1CNC(=O)C1CCS(=O)(=O)CC1. The standard InChI is InChI=1S/C14H19NO4S/c1-19-13-5-3-2-4-12(13)10-15-14(16)11-6-8-20(17,18)9-7-11/h2-5,11H,6-10H2,1H3,(H,15,16). The number of carbonyl (C=O) groups is 1. The maximum Gasteiger partial charge on any atom is 0.223 e. The molecule has 1 aliphatic heterocycles. The molecule has 110 valence electrons. The van der Waals surface area contributed by atoms with Gasteiger partial charge < -0.3 is 10.1 Å². The highest BCUT2D eigenvalue weighted by atomic mass is 32.2. The van der Waals surface area contributed by atoms with Gasteiger partial charge in [0, 0.05) is 18.0 Å². The fourth-order valence-corrected chi connectivity index (χ4v) is 3.82. The second kappa shape index (κ2) is 6.26. The van der Waals surface area contributed by atoms with Gasteiger partial charge in [0.25, 0.3) is 0 Å². The van der Waals surface area contributed by atoms with Gasteiger partial charge in [-0.2, -0.15) is 0 Å². The summed E-state index contributed by atoms with van der Waals surface area (Å²) in [6.45, 7) is 0.395. The molecule has 1 saturated heterocycles. The van der Waals surface area contributed by atoms with E-state index < -0.39 is 9.84 Å². The predicted molar refractivity (Wildman–Crippen MR) is 76.2 cm³/mol. The molecule has 1 N–H and O–H groups in total. The summed E-state index contributed by atoms with van der Waals surface area (Å²) in [7, 11) is -1.34. The number of para-hydroxylation sites is 1. The molecule has 1 aliphatic rings. The summed E-state index contributed by atoms with van der Waals surface area (Å²) in [6, 6.07) is 7.49. The van der Waals surface area contributed by atoms with E-state index in [-0.39, 0.29) is 23.3 Å². The van der Waals surface area contributed by atoms with Gasteiger partial charge in [-0.15, -0.1) is 0 Å². The van der Waals surface area contributed by atoms with Crippen molar-refractivity contribution in [2.45, 2.75) is 19.4 Å². The summed E-state index contributed by atoms with van der Waals surface area (Å²) in [6.07, 6.45) is 0.834. The van der Waals surface area contributed by atoms with Crippen LogP contribution in [0.5, 0.6) is 5.75 Å². The van der Waals surface area contributed by atoms with Crippen LogP contribution in [0.1, 0.15) is 18.4 Å². The fraction of sp³-hybridized carbons (Fsp3) is 0.500. The zero-order valence-corrected chi connectivity index (χ0v) is 12.3. The first kappa shape index (κ1) is 14.8. The second-order valence-corrected chi connectivity index (χ2v) is 7.26. The molecule has 5 nitrogen and oxygen atoms in total. The van der Waals surface area contributed by atoms with Crippen molar-refractivity contribution in [3.8, 4) is 5.75 Å². The Morgan fingerprint density at radius 3 is 2.60 bits per heavy atom. The number of hydrogen-bond acceptors (Lipinski definition) is 4. The first-order valence-electron chi connectivity index (χ1n) is 6.62. The van der Waals surface area contributed by atoms with Crippen LogP contribution < -0.4 is 10.1 Å². The van der Waals surface area contributed by atoms with Crippen LogP contribution >= 0.6 is 0 Å². The highest BCUT2D eigenvalue weighted by Crippen LogP contribution is 2.20. The Hall–Kier alpha value is -1.56. The summed E-state index contributed by atoms with van der Waals surface area (Å²) >= 11 is 0. The van der Waals surface area contributed by atoms with E-state index in [1.54, 1.807) is 7.11 Å². The molecule has 0 spiro atoms. The molecule has 6 heteroatoms. The lowest BCUT2D eigenvalue weighted by molar-refractivity contribution is -0.125. The van der Waals surface area contributed by atoms with E-state index in [1.165, 1.54) is 0 Å². The molecule has 0 unspecified atom stereocenters. The Kier molecular flexibility index (Phi) is 4.65. The zero-order valence-electron chi connectivity index (χ0n) is 11.5. The molecule has 1 heterocycles. The number of amides is 1. The molecule has 0 atom stereocenters. The van der Waals surface area contributed by atoms with Crippen molar-refractivity contribution < 1.29 is 17.9 Å². The lowest BCUT2D eigenvalue weighted by Gasteiger charge is -2.21. The predicted octanol–water partition coefficient (Wildman–Crippen LogP) is 1.14. The van der Waals surface area contributed by atoms with Crippen molar-refractivity contribution in [1.29, 1.82) is 0 Å². The molecular weight excluding hydrogens is 278 g/mol. The monoisotopic (exact) mass is 297 g/mol. The van der Waals surface area contributed by atoms with Gasteiger partial charge >= 0.3 is 0 Å². The van der Waals surface area contributed by atoms with Crippen molar-refractivity contribution in [3.05, 3.63) is 29.8 Å². The van der Waals surface area contributed by atoms with E-state index in [9.17, 15) is 13.2 Å². The normalized spacial score (nSPS) is 18.4. The van der Waals surface area contributed by atoms with Crippen LogP contribution in [-0.2, 0) is 21.2 Å². The quantitative estimate of drug-likeness (QED) is 0.904. The Bertz CT molecular complexity index is 569. The molecule has 1 fully saturated rings. The lowest BCUT2D eigenvalue weighted by atomic mass is 10.0. The van der Waals surface area contributed by atoms with Crippen LogP contribution in [0.4, 0.5) is 0 Å². The van der Waals surface area contributed by atoms with Crippen molar-refractivity contribution in [3.63, 3.8) is 0 Å². The highest BCUT2D eigenvalue weighted by Gasteiger charge is 2.28. The average molecular weight is 297 g/mol. The van der Waals surface area contributed by atoms with Gasteiger partial charge in [0.05, 0.1) is 18.6 Å². The van der Waals surface area contributed by atoms with E-state index in [0.717, 1.165) is 11.3 Å². The van der Waals surface area contributed by atoms with Gasteiger partial charge in [-0.05, 0) is 18.9 Å². The van der Waals surface area contributed by atoms with Crippen LogP contribution in [0, 0.1) is 5.92 Å². The summed E-state index contributed by atoms with van der Waals surface area (Å²) in [5.41, 5.74) is 0.909. The van der Waals surface area contributed by atoms with Crippen molar-refractivity contribution in [2.24, 2.45) is 5.92 Å². The lowest BCUT2D eigenvalue weighted by Crippen LogP contribution is -2.35. The van der Waals surface area contributed by atoms with Crippen LogP contribution in [0.25, 0.3) is 0 Å². The number of benzene rings is 1. The number of hydrogen-bond donors (Lipinski definition) is 1. The van der Waals surface area contributed by atoms with E-state index in [1.807, 2.05) is 24.3 Å². The van der Waals surface area contributed by atoms with Gasteiger partial charge in [0.1, 0.15) is 15.6 Å². The van der Waals surface area contributed by atoms with Crippen molar-refractivity contribution >= 4 is 15.7 Å². The minimum Gasteiger partial charge on any atom is -0.496 e. The summed E-state index contributed by atoms with van der Waals surface area (Å²) in [4.78, 5) is 12.0. The molecule has 0 aromatic heterocycles. The largest absolute Gasteiger partial charge is 0.496 e. The summed E-state index contributed by atoms with van der Waals surface area (Å²) in [5, 5.41) is 2.86. The Morgan fingerprint density at radius 2 is 1.95 bits per heavy atom. The number of nitrogens with one attached hydrogen (secondary N) is 1. The Balaban J connectivity index is 1.89. The van der Waals surface area contributed by atoms with Crippen LogP contribution in [-0.4, -0.2) is 32.9 Å². The summed E-state index contributed by atoms with van der Waals surface area (Å²) in [5.74, 6) is 0.678. The molecule has 2 rings (SSSR count). The third-order valence-corrected chi connectivity index (χ3v) is 5.29. The average Bonchev–Trinajstić information content (AvgIpc) is 2.45. The molecule has 0 aliphatic carbocycles. The summed E-state index contributed by atoms with van der Waals surface area (Å²) < 4.78 is 27.9. The van der Waals surface area contributed by atoms with E-state index in [4.69, 9.17) is 4.74 Å². The van der Waals surface area contributed by atoms with E-state index in [0.29, 0.717) is 19.4 Å². The molecule has 1 aromatic carbocycles. The third-order valence-electron chi connectivity index (χ3n) is 3.57. The maximum atomic E-state index is 12.0. The zero-order chi connectivity index (χ0) is 14.6. The maximum absolute atomic E-state index is 12.0. The Labute approximate surface area is 119 Å². The number of rotatable bonds is 4. The first-order chi connectivity index (χ1) is 9.52. The van der Waals surface area contributed by atoms with E-state index in [2.05, 4.69) is 5.32 Å². The smallest absolute Gasteiger partial charge is 0.223 e. The van der Waals surface area contributed by atoms with Gasteiger partial charge in [0.2, 0.25) is 5.91 Å². The molecule has 20 heavy (non-hydrogen) atoms. The van der Waals surface area contributed by atoms with Gasteiger partial charge in [-0.3, -0.25) is 4.79 Å². The molecule has 0 radical (unpaired) electrons. The van der Waals surface area contributed by atoms with Crippen molar-refractivity contribution in [2.75, 3.05) is 18.6 Å². The minimum absolute atomic E-state index is 0.0780. The highest BCUT2D eigenvalue weighted by molar-refractivity contribution is 7.91. The molecule has 1 amide bonds. The van der Waals surface area contributed by atoms with Crippen molar-refractivity contribution in [1.82, 2.24) is 5.32 Å². The number of methoxy groups -OCH3 is 1. The fourth-order valence-electron chi connectivity index (χ4n) is 2.33. The number of ether oxygens (including phenoxy) is 1. The second-order valence-electron chi connectivity index (χ2n) is 4.96. The van der Waals surface area contributed by atoms with Gasteiger partial charge in [-0.25, -0.2) is 8.42 Å². The molecular formula is C14H19NO4S. The third kappa shape index (κ3) is 3.72. The number of carbonyl (C=O) groups excluding carboxylic acids is 1. The van der Waals surface area contributed by atoms with Gasteiger partial charge in [-0.1, -0.05) is 18.2 Å². The first-order valence-corrected chi connectivity index (χ1v) is 8.44. The molecule has 1 aromatic rings. The molecule has 0 saturated carbocycles. The van der Waals surface area contributed by atoms with Crippen LogP contribution in [0.3, 0.4) is 0 Å². The molecule has 0 bridgehead atoms. The van der Waals surface area contributed by atoms with Crippen LogP contribution in [0.15, 0.2) is 24.3 Å². The number of sulfone groups is 1. The Morgan fingerprint density at radius 1 is 1.30 bits per heavy atom. The minimum atomic E-state index is -2.93. The van der Waals surface area contributed by atoms with Crippen LogP contribution in [0.2, 0.25) is 0 Å². The topological polar surface area (TPSA) is 72.5 Å². The van der Waals surface area contributed by atoms with E-state index >= 15 is 0 Å². The van der Waals surface area contributed by atoms with Gasteiger partial charge in [0.15, 0.2) is 0 Å².